The number of hydrogen-bond donors (Lipinski definition) is 1. The van der Waals surface area contributed by atoms with Crippen LogP contribution in [0.5, 0.6) is 0 Å². The molecule has 96 valence electrons. The first-order chi connectivity index (χ1) is 9.24. The van der Waals surface area contributed by atoms with Crippen molar-refractivity contribution in [3.63, 3.8) is 0 Å². The largest absolute Gasteiger partial charge is 0.324 e. The Morgan fingerprint density at radius 1 is 1.21 bits per heavy atom. The molecular formula is C17H18N2. The molecule has 0 aliphatic carbocycles. The van der Waals surface area contributed by atoms with Crippen molar-refractivity contribution in [2.45, 2.75) is 12.5 Å². The van der Waals surface area contributed by atoms with E-state index in [1.807, 2.05) is 30.3 Å². The minimum atomic E-state index is -0.107. The highest BCUT2D eigenvalue weighted by molar-refractivity contribution is 5.78. The zero-order valence-corrected chi connectivity index (χ0v) is 10.9. The first-order valence-corrected chi connectivity index (χ1v) is 6.30. The number of para-hydroxylation sites is 1. The Kier molecular flexibility index (Phi) is 4.26. The average molecular weight is 250 g/mol. The van der Waals surface area contributed by atoms with E-state index in [9.17, 15) is 0 Å². The number of hydrogen-bond acceptors (Lipinski definition) is 2. The van der Waals surface area contributed by atoms with Crippen molar-refractivity contribution in [1.29, 1.82) is 0 Å². The summed E-state index contributed by atoms with van der Waals surface area (Å²) in [5.41, 5.74) is 9.13. The summed E-state index contributed by atoms with van der Waals surface area (Å²) < 4.78 is 0. The second kappa shape index (κ2) is 6.12. The molecule has 0 aliphatic heterocycles. The van der Waals surface area contributed by atoms with Crippen LogP contribution in [-0.4, -0.2) is 11.0 Å². The van der Waals surface area contributed by atoms with Gasteiger partial charge in [-0.25, -0.2) is 0 Å². The molecule has 0 bridgehead atoms. The predicted molar refractivity (Wildman–Crippen MR) is 81.9 cm³/mol. The lowest BCUT2D eigenvalue weighted by molar-refractivity contribution is 0.765. The Labute approximate surface area is 114 Å². The highest BCUT2D eigenvalue weighted by Gasteiger charge is 2.08. The number of nitrogens with zero attached hydrogens (tertiary/aromatic N) is 1. The number of rotatable bonds is 5. The second-order valence-electron chi connectivity index (χ2n) is 4.41. The molecular weight excluding hydrogens is 232 g/mol. The molecule has 1 aromatic heterocycles. The van der Waals surface area contributed by atoms with Gasteiger partial charge >= 0.3 is 0 Å². The average Bonchev–Trinajstić information content (AvgIpc) is 2.44. The fraction of sp³-hybridized carbons (Fsp3) is 0.118. The second-order valence-corrected chi connectivity index (χ2v) is 4.41. The third-order valence-electron chi connectivity index (χ3n) is 3.06. The molecule has 1 heterocycles. The molecule has 0 saturated carbocycles. The fourth-order valence-corrected chi connectivity index (χ4v) is 2.04. The van der Waals surface area contributed by atoms with Crippen LogP contribution in [-0.2, 0) is 6.42 Å². The van der Waals surface area contributed by atoms with Crippen molar-refractivity contribution in [3.05, 3.63) is 79.1 Å². The van der Waals surface area contributed by atoms with Gasteiger partial charge in [0.1, 0.15) is 0 Å². The van der Waals surface area contributed by atoms with E-state index >= 15 is 0 Å². The molecule has 1 aromatic carbocycles. The molecule has 0 saturated heterocycles. The molecule has 0 radical (unpaired) electrons. The Morgan fingerprint density at radius 2 is 2.00 bits per heavy atom. The molecule has 2 rings (SSSR count). The number of fused-ring (bicyclic) bond motifs is 1. The zero-order valence-electron chi connectivity index (χ0n) is 10.9. The normalized spacial score (nSPS) is 13.2. The van der Waals surface area contributed by atoms with Gasteiger partial charge in [0.2, 0.25) is 0 Å². The SMILES string of the molecule is C=C/C=C(\C=C)[C@H](N)Cc1ccc2ccccc2n1. The van der Waals surface area contributed by atoms with Crippen LogP contribution in [0.1, 0.15) is 5.69 Å². The molecule has 2 heteroatoms. The maximum Gasteiger partial charge on any atom is 0.0705 e. The number of aromatic nitrogens is 1. The lowest BCUT2D eigenvalue weighted by Crippen LogP contribution is -2.25. The maximum absolute atomic E-state index is 6.16. The molecule has 1 atom stereocenters. The predicted octanol–water partition coefficient (Wildman–Crippen LogP) is 3.40. The summed E-state index contributed by atoms with van der Waals surface area (Å²) in [4.78, 5) is 4.62. The van der Waals surface area contributed by atoms with Gasteiger partial charge in [0, 0.05) is 23.5 Å². The van der Waals surface area contributed by atoms with E-state index in [1.54, 1.807) is 12.2 Å². The molecule has 2 N–H and O–H groups in total. The van der Waals surface area contributed by atoms with Gasteiger partial charge in [0.15, 0.2) is 0 Å². The van der Waals surface area contributed by atoms with E-state index in [1.165, 1.54) is 0 Å². The number of benzene rings is 1. The van der Waals surface area contributed by atoms with Crippen molar-refractivity contribution in [2.75, 3.05) is 0 Å². The van der Waals surface area contributed by atoms with Crippen LogP contribution in [0.2, 0.25) is 0 Å². The van der Waals surface area contributed by atoms with Crippen LogP contribution < -0.4 is 5.73 Å². The molecule has 2 nitrogen and oxygen atoms in total. The Morgan fingerprint density at radius 3 is 2.74 bits per heavy atom. The molecule has 0 fully saturated rings. The monoisotopic (exact) mass is 250 g/mol. The van der Waals surface area contributed by atoms with Gasteiger partial charge in [-0.2, -0.15) is 0 Å². The highest BCUT2D eigenvalue weighted by atomic mass is 14.7. The Hall–Kier alpha value is -2.19. The molecule has 2 aromatic rings. The van der Waals surface area contributed by atoms with Gasteiger partial charge < -0.3 is 5.73 Å². The minimum Gasteiger partial charge on any atom is -0.324 e. The highest BCUT2D eigenvalue weighted by Crippen LogP contribution is 2.14. The van der Waals surface area contributed by atoms with Crippen LogP contribution in [0.3, 0.4) is 0 Å². The maximum atomic E-state index is 6.16. The van der Waals surface area contributed by atoms with Gasteiger partial charge in [-0.1, -0.05) is 55.7 Å². The van der Waals surface area contributed by atoms with E-state index in [0.29, 0.717) is 6.42 Å². The third-order valence-corrected chi connectivity index (χ3v) is 3.06. The number of pyridine rings is 1. The smallest absolute Gasteiger partial charge is 0.0705 e. The van der Waals surface area contributed by atoms with Gasteiger partial charge in [0.05, 0.1) is 5.52 Å². The van der Waals surface area contributed by atoms with E-state index in [0.717, 1.165) is 22.2 Å². The van der Waals surface area contributed by atoms with E-state index in [4.69, 9.17) is 5.73 Å². The molecule has 19 heavy (non-hydrogen) atoms. The topological polar surface area (TPSA) is 38.9 Å². The summed E-state index contributed by atoms with van der Waals surface area (Å²) in [6.45, 7) is 7.46. The summed E-state index contributed by atoms with van der Waals surface area (Å²) in [6.07, 6.45) is 6.08. The van der Waals surface area contributed by atoms with Crippen molar-refractivity contribution < 1.29 is 0 Å². The van der Waals surface area contributed by atoms with Crippen molar-refractivity contribution in [1.82, 2.24) is 4.98 Å². The Balaban J connectivity index is 2.23. The van der Waals surface area contributed by atoms with E-state index < -0.39 is 0 Å². The molecule has 0 aliphatic rings. The first kappa shape index (κ1) is 13.2. The summed E-state index contributed by atoms with van der Waals surface area (Å²) in [5, 5.41) is 1.14. The van der Waals surface area contributed by atoms with E-state index in [2.05, 4.69) is 30.3 Å². The van der Waals surface area contributed by atoms with Crippen LogP contribution in [0.25, 0.3) is 10.9 Å². The molecule has 0 unspecified atom stereocenters. The quantitative estimate of drug-likeness (QED) is 0.826. The van der Waals surface area contributed by atoms with Crippen molar-refractivity contribution in [3.8, 4) is 0 Å². The van der Waals surface area contributed by atoms with Crippen LogP contribution in [0.15, 0.2) is 73.4 Å². The third kappa shape index (κ3) is 3.18. The minimum absolute atomic E-state index is 0.107. The zero-order chi connectivity index (χ0) is 13.7. The van der Waals surface area contributed by atoms with Crippen molar-refractivity contribution >= 4 is 10.9 Å². The van der Waals surface area contributed by atoms with Crippen LogP contribution in [0, 0.1) is 0 Å². The van der Waals surface area contributed by atoms with E-state index in [-0.39, 0.29) is 6.04 Å². The fourth-order valence-electron chi connectivity index (χ4n) is 2.04. The lowest BCUT2D eigenvalue weighted by Gasteiger charge is -2.12. The molecule has 0 spiro atoms. The van der Waals surface area contributed by atoms with Crippen LogP contribution in [0.4, 0.5) is 0 Å². The lowest BCUT2D eigenvalue weighted by atomic mass is 10.0. The summed E-state index contributed by atoms with van der Waals surface area (Å²) >= 11 is 0. The van der Waals surface area contributed by atoms with Gasteiger partial charge in [0.25, 0.3) is 0 Å². The van der Waals surface area contributed by atoms with Gasteiger partial charge in [-0.3, -0.25) is 4.98 Å². The van der Waals surface area contributed by atoms with Crippen LogP contribution >= 0.6 is 0 Å². The van der Waals surface area contributed by atoms with Gasteiger partial charge in [-0.15, -0.1) is 0 Å². The molecule has 0 amide bonds. The number of nitrogens with two attached hydrogens (primary N) is 1. The standard InChI is InChI=1S/C17H18N2/c1-3-7-13(4-2)16(18)12-15-11-10-14-8-5-6-9-17(14)19-15/h3-11,16H,1-2,12,18H2/b13-7+/t16-/m1/s1. The number of allylic oxidation sites excluding steroid dienone is 2. The Bertz CT molecular complexity index is 626. The summed E-state index contributed by atoms with van der Waals surface area (Å²) in [7, 11) is 0. The van der Waals surface area contributed by atoms with Crippen molar-refractivity contribution in [2.24, 2.45) is 5.73 Å². The summed E-state index contributed by atoms with van der Waals surface area (Å²) in [6, 6.07) is 12.1. The summed E-state index contributed by atoms with van der Waals surface area (Å²) in [5.74, 6) is 0. The first-order valence-electron chi connectivity index (χ1n) is 6.30. The van der Waals surface area contributed by atoms with Gasteiger partial charge in [-0.05, 0) is 17.7 Å².